The number of ether oxygens (including phenoxy) is 2. The second-order valence-corrected chi connectivity index (χ2v) is 5.52. The summed E-state index contributed by atoms with van der Waals surface area (Å²) in [4.78, 5) is 4.33. The van der Waals surface area contributed by atoms with Gasteiger partial charge in [-0.15, -0.1) is 0 Å². The van der Waals surface area contributed by atoms with Crippen molar-refractivity contribution >= 4 is 0 Å². The Balaban J connectivity index is 1.61. The van der Waals surface area contributed by atoms with Crippen molar-refractivity contribution in [2.45, 2.75) is 26.1 Å². The molecule has 0 radical (unpaired) electrons. The molecule has 0 bridgehead atoms. The summed E-state index contributed by atoms with van der Waals surface area (Å²) in [6.07, 6.45) is 0.230. The molecule has 6 nitrogen and oxygen atoms in total. The van der Waals surface area contributed by atoms with Crippen molar-refractivity contribution in [3.8, 4) is 22.9 Å². The van der Waals surface area contributed by atoms with Crippen LogP contribution in [0.2, 0.25) is 0 Å². The highest BCUT2D eigenvalue weighted by molar-refractivity contribution is 5.55. The molecule has 1 N–H and O–H groups in total. The van der Waals surface area contributed by atoms with Crippen molar-refractivity contribution in [2.24, 2.45) is 0 Å². The molecule has 3 aromatic rings. The third-order valence-corrected chi connectivity index (χ3v) is 3.83. The first-order valence-corrected chi connectivity index (χ1v) is 8.07. The van der Waals surface area contributed by atoms with E-state index in [1.165, 1.54) is 0 Å². The Kier molecular flexibility index (Phi) is 5.30. The number of aliphatic hydroxyl groups excluding tert-OH is 1. The van der Waals surface area contributed by atoms with Crippen LogP contribution in [0, 0.1) is 0 Å². The standard InChI is InChI=1S/C19H20N2O4/c1-3-17(22)13-4-10-16(11-5-13)24-12-18-20-19(21-25-18)14-6-8-15(23-2)9-7-14/h4-11,17,22H,3,12H2,1-2H3. The van der Waals surface area contributed by atoms with Gasteiger partial charge in [-0.2, -0.15) is 4.98 Å². The summed E-state index contributed by atoms with van der Waals surface area (Å²) in [5, 5.41) is 13.8. The molecule has 1 aromatic heterocycles. The van der Waals surface area contributed by atoms with E-state index in [-0.39, 0.29) is 6.61 Å². The van der Waals surface area contributed by atoms with Crippen LogP contribution in [0.25, 0.3) is 11.4 Å². The molecule has 2 aromatic carbocycles. The lowest BCUT2D eigenvalue weighted by Gasteiger charge is -2.09. The smallest absolute Gasteiger partial charge is 0.264 e. The minimum absolute atomic E-state index is 0.179. The van der Waals surface area contributed by atoms with Gasteiger partial charge in [-0.1, -0.05) is 24.2 Å². The first-order chi connectivity index (χ1) is 12.2. The van der Waals surface area contributed by atoms with E-state index in [2.05, 4.69) is 10.1 Å². The summed E-state index contributed by atoms with van der Waals surface area (Å²) in [5.41, 5.74) is 1.71. The molecule has 0 spiro atoms. The quantitative estimate of drug-likeness (QED) is 0.705. The number of rotatable bonds is 7. The van der Waals surface area contributed by atoms with Crippen LogP contribution in [0.1, 0.15) is 30.9 Å². The van der Waals surface area contributed by atoms with Crippen LogP contribution >= 0.6 is 0 Å². The monoisotopic (exact) mass is 340 g/mol. The SMILES string of the molecule is CCC(O)c1ccc(OCc2nc(-c3ccc(OC)cc3)no2)cc1. The van der Waals surface area contributed by atoms with E-state index in [1.54, 1.807) is 7.11 Å². The molecule has 1 atom stereocenters. The van der Waals surface area contributed by atoms with Gasteiger partial charge in [0.05, 0.1) is 13.2 Å². The fourth-order valence-corrected chi connectivity index (χ4v) is 2.34. The topological polar surface area (TPSA) is 77.6 Å². The molecule has 1 heterocycles. The molecule has 0 saturated carbocycles. The van der Waals surface area contributed by atoms with Gasteiger partial charge < -0.3 is 19.1 Å². The first kappa shape index (κ1) is 17.0. The Morgan fingerprint density at radius 3 is 2.36 bits per heavy atom. The minimum atomic E-state index is -0.447. The van der Waals surface area contributed by atoms with Gasteiger partial charge in [-0.25, -0.2) is 0 Å². The van der Waals surface area contributed by atoms with Gasteiger partial charge in [-0.3, -0.25) is 0 Å². The Hall–Kier alpha value is -2.86. The van der Waals surface area contributed by atoms with E-state index in [9.17, 15) is 5.11 Å². The minimum Gasteiger partial charge on any atom is -0.497 e. The van der Waals surface area contributed by atoms with E-state index in [4.69, 9.17) is 14.0 Å². The predicted molar refractivity (Wildman–Crippen MR) is 92.3 cm³/mol. The lowest BCUT2D eigenvalue weighted by molar-refractivity contribution is 0.173. The van der Waals surface area contributed by atoms with Gasteiger partial charge in [0.2, 0.25) is 5.82 Å². The highest BCUT2D eigenvalue weighted by atomic mass is 16.5. The molecular weight excluding hydrogens is 320 g/mol. The van der Waals surface area contributed by atoms with Crippen LogP contribution in [0.5, 0.6) is 11.5 Å². The normalized spacial score (nSPS) is 12.0. The lowest BCUT2D eigenvalue weighted by atomic mass is 10.1. The number of hydrogen-bond donors (Lipinski definition) is 1. The summed E-state index contributed by atoms with van der Waals surface area (Å²) in [6.45, 7) is 2.11. The fourth-order valence-electron chi connectivity index (χ4n) is 2.34. The number of aliphatic hydroxyl groups is 1. The second-order valence-electron chi connectivity index (χ2n) is 5.52. The van der Waals surface area contributed by atoms with E-state index in [0.717, 1.165) is 16.9 Å². The average molecular weight is 340 g/mol. The Morgan fingerprint density at radius 2 is 1.72 bits per heavy atom. The van der Waals surface area contributed by atoms with E-state index in [0.29, 0.717) is 23.9 Å². The van der Waals surface area contributed by atoms with Crippen molar-refractivity contribution in [3.63, 3.8) is 0 Å². The predicted octanol–water partition coefficient (Wildman–Crippen LogP) is 3.77. The van der Waals surface area contributed by atoms with Crippen molar-refractivity contribution in [3.05, 3.63) is 60.0 Å². The number of methoxy groups -OCH3 is 1. The molecule has 0 amide bonds. The van der Waals surface area contributed by atoms with Gasteiger partial charge in [0, 0.05) is 5.56 Å². The first-order valence-electron chi connectivity index (χ1n) is 8.07. The van der Waals surface area contributed by atoms with Crippen LogP contribution in [0.15, 0.2) is 53.1 Å². The Morgan fingerprint density at radius 1 is 1.04 bits per heavy atom. The molecule has 25 heavy (non-hydrogen) atoms. The van der Waals surface area contributed by atoms with Crippen LogP contribution < -0.4 is 9.47 Å². The molecule has 0 aliphatic carbocycles. The zero-order valence-electron chi connectivity index (χ0n) is 14.2. The maximum absolute atomic E-state index is 9.79. The summed E-state index contributed by atoms with van der Waals surface area (Å²) in [7, 11) is 1.62. The highest BCUT2D eigenvalue weighted by Crippen LogP contribution is 2.22. The summed E-state index contributed by atoms with van der Waals surface area (Å²) in [5.74, 6) is 2.34. The molecule has 3 rings (SSSR count). The maximum Gasteiger partial charge on any atom is 0.264 e. The summed E-state index contributed by atoms with van der Waals surface area (Å²) < 4.78 is 16.0. The van der Waals surface area contributed by atoms with Crippen LogP contribution in [0.4, 0.5) is 0 Å². The van der Waals surface area contributed by atoms with Crippen molar-refractivity contribution in [1.82, 2.24) is 10.1 Å². The summed E-state index contributed by atoms with van der Waals surface area (Å²) in [6, 6.07) is 14.7. The number of nitrogens with zero attached hydrogens (tertiary/aromatic N) is 2. The van der Waals surface area contributed by atoms with E-state index < -0.39 is 6.10 Å². The van der Waals surface area contributed by atoms with Gasteiger partial charge in [-0.05, 0) is 48.4 Å². The molecule has 6 heteroatoms. The zero-order chi connectivity index (χ0) is 17.6. The van der Waals surface area contributed by atoms with Crippen LogP contribution in [-0.2, 0) is 6.61 Å². The highest BCUT2D eigenvalue weighted by Gasteiger charge is 2.10. The summed E-state index contributed by atoms with van der Waals surface area (Å²) >= 11 is 0. The molecule has 0 aliphatic rings. The molecule has 0 fully saturated rings. The molecular formula is C19H20N2O4. The molecule has 130 valence electrons. The van der Waals surface area contributed by atoms with Gasteiger partial charge in [0.15, 0.2) is 6.61 Å². The molecule has 0 aliphatic heterocycles. The van der Waals surface area contributed by atoms with E-state index in [1.807, 2.05) is 55.5 Å². The van der Waals surface area contributed by atoms with Crippen LogP contribution in [0.3, 0.4) is 0 Å². The van der Waals surface area contributed by atoms with Gasteiger partial charge in [0.25, 0.3) is 5.89 Å². The van der Waals surface area contributed by atoms with Gasteiger partial charge in [0.1, 0.15) is 11.5 Å². The molecule has 1 unspecified atom stereocenters. The Labute approximate surface area is 146 Å². The Bertz CT molecular complexity index is 797. The van der Waals surface area contributed by atoms with Crippen molar-refractivity contribution in [1.29, 1.82) is 0 Å². The fraction of sp³-hybridized carbons (Fsp3) is 0.263. The van der Waals surface area contributed by atoms with Gasteiger partial charge >= 0.3 is 0 Å². The number of hydrogen-bond acceptors (Lipinski definition) is 6. The van der Waals surface area contributed by atoms with Crippen LogP contribution in [-0.4, -0.2) is 22.4 Å². The molecule has 0 saturated heterocycles. The largest absolute Gasteiger partial charge is 0.497 e. The third-order valence-electron chi connectivity index (χ3n) is 3.83. The van der Waals surface area contributed by atoms with E-state index >= 15 is 0 Å². The maximum atomic E-state index is 9.79. The van der Waals surface area contributed by atoms with Crippen molar-refractivity contribution in [2.75, 3.05) is 7.11 Å². The lowest BCUT2D eigenvalue weighted by Crippen LogP contribution is -1.98. The second kappa shape index (κ2) is 7.81. The average Bonchev–Trinajstić information content (AvgIpc) is 3.15. The third kappa shape index (κ3) is 4.16. The number of aromatic nitrogens is 2. The number of benzene rings is 2. The van der Waals surface area contributed by atoms with Crippen molar-refractivity contribution < 1.29 is 19.1 Å². The zero-order valence-corrected chi connectivity index (χ0v) is 14.2.